The van der Waals surface area contributed by atoms with Crippen molar-refractivity contribution in [3.63, 3.8) is 0 Å². The maximum absolute atomic E-state index is 12.7. The Bertz CT molecular complexity index is 803. The molecule has 0 N–H and O–H groups in total. The predicted octanol–water partition coefficient (Wildman–Crippen LogP) is 1.86. The van der Waals surface area contributed by atoms with E-state index in [0.717, 1.165) is 23.5 Å². The minimum Gasteiger partial charge on any atom is -0.341 e. The maximum Gasteiger partial charge on any atom is 0.229 e. The molecule has 2 aromatic rings. The summed E-state index contributed by atoms with van der Waals surface area (Å²) in [6, 6.07) is 5.86. The van der Waals surface area contributed by atoms with Crippen LogP contribution in [0, 0.1) is 5.92 Å². The average molecular weight is 371 g/mol. The molecule has 0 bridgehead atoms. The molecule has 0 aromatic carbocycles. The first-order valence-electron chi connectivity index (χ1n) is 8.98. The van der Waals surface area contributed by atoms with E-state index < -0.39 is 0 Å². The van der Waals surface area contributed by atoms with Gasteiger partial charge in [0.2, 0.25) is 16.9 Å². The molecule has 2 fully saturated rings. The quantitative estimate of drug-likeness (QED) is 0.802. The number of amides is 2. The zero-order valence-electron chi connectivity index (χ0n) is 14.7. The van der Waals surface area contributed by atoms with E-state index in [9.17, 15) is 9.59 Å². The Labute approximate surface area is 156 Å². The number of hydrogen-bond donors (Lipinski definition) is 0. The molecule has 0 radical (unpaired) electrons. The molecule has 2 aromatic heterocycles. The van der Waals surface area contributed by atoms with Crippen LogP contribution in [0.15, 0.2) is 24.4 Å². The zero-order valence-corrected chi connectivity index (χ0v) is 15.5. The van der Waals surface area contributed by atoms with Crippen molar-refractivity contribution in [2.45, 2.75) is 32.1 Å². The fourth-order valence-electron chi connectivity index (χ4n) is 3.45. The lowest BCUT2D eigenvalue weighted by atomic mass is 9.93. The molecule has 26 heavy (non-hydrogen) atoms. The highest BCUT2D eigenvalue weighted by atomic mass is 32.1. The summed E-state index contributed by atoms with van der Waals surface area (Å²) in [6.45, 7) is 3.85. The Morgan fingerprint density at radius 2 is 2.12 bits per heavy atom. The van der Waals surface area contributed by atoms with Gasteiger partial charge in [-0.15, -0.1) is 10.2 Å². The molecule has 0 spiro atoms. The molecule has 2 amide bonds. The summed E-state index contributed by atoms with van der Waals surface area (Å²) in [5.74, 6) is 0.0366. The van der Waals surface area contributed by atoms with E-state index in [1.807, 2.05) is 23.1 Å². The third-order valence-electron chi connectivity index (χ3n) is 4.92. The van der Waals surface area contributed by atoms with Gasteiger partial charge >= 0.3 is 0 Å². The van der Waals surface area contributed by atoms with Gasteiger partial charge in [-0.25, -0.2) is 0 Å². The second-order valence-corrected chi connectivity index (χ2v) is 7.87. The van der Waals surface area contributed by atoms with Gasteiger partial charge in [0.25, 0.3) is 0 Å². The van der Waals surface area contributed by atoms with Crippen molar-refractivity contribution in [3.05, 3.63) is 35.1 Å². The number of aromatic nitrogens is 3. The van der Waals surface area contributed by atoms with Crippen molar-refractivity contribution in [1.29, 1.82) is 0 Å². The van der Waals surface area contributed by atoms with Crippen molar-refractivity contribution in [2.24, 2.45) is 5.92 Å². The van der Waals surface area contributed by atoms with Crippen molar-refractivity contribution in [3.8, 4) is 0 Å². The molecule has 0 aliphatic carbocycles. The number of nitrogens with zero attached hydrogens (tertiary/aromatic N) is 5. The van der Waals surface area contributed by atoms with Crippen molar-refractivity contribution in [1.82, 2.24) is 20.1 Å². The third-order valence-corrected chi connectivity index (χ3v) is 5.93. The molecule has 4 heterocycles. The van der Waals surface area contributed by atoms with Crippen LogP contribution in [-0.4, -0.2) is 51.5 Å². The van der Waals surface area contributed by atoms with E-state index in [2.05, 4.69) is 22.1 Å². The Morgan fingerprint density at radius 3 is 2.85 bits per heavy atom. The Hall–Kier alpha value is -2.35. The molecule has 2 saturated heterocycles. The van der Waals surface area contributed by atoms with Gasteiger partial charge in [0.1, 0.15) is 5.01 Å². The van der Waals surface area contributed by atoms with Crippen molar-refractivity contribution in [2.75, 3.05) is 24.5 Å². The number of aryl methyl sites for hydroxylation is 1. The van der Waals surface area contributed by atoms with Crippen LogP contribution in [0.3, 0.4) is 0 Å². The summed E-state index contributed by atoms with van der Waals surface area (Å²) in [7, 11) is 0. The van der Waals surface area contributed by atoms with Gasteiger partial charge in [-0.05, 0) is 18.6 Å². The number of carbonyl (C=O) groups excluding carboxylic acids is 2. The molecular formula is C18H21N5O2S. The molecule has 2 aliphatic heterocycles. The molecule has 4 rings (SSSR count). The lowest BCUT2D eigenvalue weighted by molar-refractivity contribution is -0.140. The largest absolute Gasteiger partial charge is 0.341 e. The summed E-state index contributed by atoms with van der Waals surface area (Å²) in [6.07, 6.45) is 3.90. The highest BCUT2D eigenvalue weighted by molar-refractivity contribution is 7.15. The molecular weight excluding hydrogens is 350 g/mol. The fraction of sp³-hybridized carbons (Fsp3) is 0.500. The van der Waals surface area contributed by atoms with Crippen LogP contribution in [0.5, 0.6) is 0 Å². The molecule has 1 unspecified atom stereocenters. The van der Waals surface area contributed by atoms with Gasteiger partial charge < -0.3 is 4.90 Å². The normalized spacial score (nSPS) is 20.5. The van der Waals surface area contributed by atoms with E-state index in [1.165, 1.54) is 11.3 Å². The molecule has 8 heteroatoms. The second kappa shape index (κ2) is 7.11. The molecule has 2 aliphatic rings. The first-order valence-corrected chi connectivity index (χ1v) is 9.79. The SMILES string of the molecule is CCCc1nnc(N2CC(C(=O)N3CC(c4ccccn4)C3)CC2=O)s1. The van der Waals surface area contributed by atoms with Crippen LogP contribution in [-0.2, 0) is 16.0 Å². The maximum atomic E-state index is 12.7. The Morgan fingerprint density at radius 1 is 1.27 bits per heavy atom. The van der Waals surface area contributed by atoms with Gasteiger partial charge in [-0.1, -0.05) is 24.3 Å². The van der Waals surface area contributed by atoms with Gasteiger partial charge in [0.05, 0.1) is 5.92 Å². The number of likely N-dealkylation sites (tertiary alicyclic amines) is 1. The van der Waals surface area contributed by atoms with Crippen LogP contribution >= 0.6 is 11.3 Å². The Balaban J connectivity index is 1.36. The minimum atomic E-state index is -0.286. The summed E-state index contributed by atoms with van der Waals surface area (Å²) in [5, 5.41) is 9.82. The van der Waals surface area contributed by atoms with Crippen LogP contribution in [0.25, 0.3) is 0 Å². The standard InChI is InChI=1S/C18H21N5O2S/c1-2-5-15-20-21-18(26-15)23-11-12(8-16(23)24)17(25)22-9-13(10-22)14-6-3-4-7-19-14/h3-4,6-7,12-13H,2,5,8-11H2,1H3. The Kier molecular flexibility index (Phi) is 4.67. The van der Waals surface area contributed by atoms with E-state index in [4.69, 9.17) is 0 Å². The summed E-state index contributed by atoms with van der Waals surface area (Å²) >= 11 is 1.45. The van der Waals surface area contributed by atoms with Gasteiger partial charge in [-0.2, -0.15) is 0 Å². The molecule has 136 valence electrons. The first kappa shape index (κ1) is 17.1. The number of hydrogen-bond acceptors (Lipinski definition) is 6. The van der Waals surface area contributed by atoms with Crippen LogP contribution in [0.2, 0.25) is 0 Å². The van der Waals surface area contributed by atoms with Gasteiger partial charge in [0.15, 0.2) is 0 Å². The smallest absolute Gasteiger partial charge is 0.229 e. The molecule has 0 saturated carbocycles. The monoisotopic (exact) mass is 371 g/mol. The first-order chi connectivity index (χ1) is 12.7. The number of rotatable bonds is 5. The zero-order chi connectivity index (χ0) is 18.1. The summed E-state index contributed by atoms with van der Waals surface area (Å²) in [4.78, 5) is 32.9. The lowest BCUT2D eigenvalue weighted by Crippen LogP contribution is -2.51. The van der Waals surface area contributed by atoms with E-state index in [-0.39, 0.29) is 24.2 Å². The van der Waals surface area contributed by atoms with Crippen LogP contribution < -0.4 is 4.90 Å². The lowest BCUT2D eigenvalue weighted by Gasteiger charge is -2.40. The summed E-state index contributed by atoms with van der Waals surface area (Å²) in [5.41, 5.74) is 1.03. The fourth-order valence-corrected chi connectivity index (χ4v) is 4.41. The number of carbonyl (C=O) groups is 2. The van der Waals surface area contributed by atoms with E-state index in [0.29, 0.717) is 30.7 Å². The van der Waals surface area contributed by atoms with Gasteiger partial charge in [0, 0.05) is 50.3 Å². The number of pyridine rings is 1. The van der Waals surface area contributed by atoms with Gasteiger partial charge in [-0.3, -0.25) is 19.5 Å². The van der Waals surface area contributed by atoms with Crippen LogP contribution in [0.1, 0.15) is 36.4 Å². The number of anilines is 1. The van der Waals surface area contributed by atoms with Crippen molar-refractivity contribution >= 4 is 28.3 Å². The molecule has 7 nitrogen and oxygen atoms in total. The van der Waals surface area contributed by atoms with Crippen molar-refractivity contribution < 1.29 is 9.59 Å². The highest BCUT2D eigenvalue weighted by Crippen LogP contribution is 2.32. The van der Waals surface area contributed by atoms with Crippen LogP contribution in [0.4, 0.5) is 5.13 Å². The van der Waals surface area contributed by atoms with E-state index in [1.54, 1.807) is 11.1 Å². The second-order valence-electron chi connectivity index (χ2n) is 6.83. The summed E-state index contributed by atoms with van der Waals surface area (Å²) < 4.78 is 0. The molecule has 1 atom stereocenters. The average Bonchev–Trinajstić information content (AvgIpc) is 3.21. The third kappa shape index (κ3) is 3.21. The predicted molar refractivity (Wildman–Crippen MR) is 97.9 cm³/mol. The highest BCUT2D eigenvalue weighted by Gasteiger charge is 2.42. The topological polar surface area (TPSA) is 79.3 Å². The van der Waals surface area contributed by atoms with E-state index >= 15 is 0 Å². The minimum absolute atomic E-state index is 0.0376.